The molecule has 0 fully saturated rings. The van der Waals surface area contributed by atoms with Crippen LogP contribution in [0.25, 0.3) is 0 Å². The monoisotopic (exact) mass is 1000 g/mol. The number of amides is 1. The Morgan fingerprint density at radius 3 is 1.03 bits per heavy atom. The molecule has 0 saturated heterocycles. The lowest BCUT2D eigenvalue weighted by Gasteiger charge is -2.20. The molecule has 0 aromatic heterocycles. The molecule has 0 rings (SSSR count). The molecule has 71 heavy (non-hydrogen) atoms. The van der Waals surface area contributed by atoms with Crippen molar-refractivity contribution in [1.82, 2.24) is 5.32 Å². The first kappa shape index (κ1) is 69.3. The number of ether oxygens (including phenoxy) is 1. The SMILES string of the molecule is CCCCC/C=C\CCCCCCCC(=O)OCCCCCCCCCCCCCCCCCCCCCCCCCCCCCCC(=O)NC(CO)C(O)/C=C/CCCCCCCCCCCCCC. The van der Waals surface area contributed by atoms with Crippen LogP contribution in [-0.2, 0) is 14.3 Å². The van der Waals surface area contributed by atoms with Crippen molar-refractivity contribution in [3.8, 4) is 0 Å². The third kappa shape index (κ3) is 57.5. The van der Waals surface area contributed by atoms with Crippen LogP contribution >= 0.6 is 0 Å². The summed E-state index contributed by atoms with van der Waals surface area (Å²) in [4.78, 5) is 24.5. The van der Waals surface area contributed by atoms with Gasteiger partial charge in [0.1, 0.15) is 0 Å². The van der Waals surface area contributed by atoms with E-state index in [4.69, 9.17) is 4.74 Å². The van der Waals surface area contributed by atoms with Crippen LogP contribution in [0.1, 0.15) is 354 Å². The first-order valence-corrected chi connectivity index (χ1v) is 32.1. The van der Waals surface area contributed by atoms with E-state index in [9.17, 15) is 19.8 Å². The van der Waals surface area contributed by atoms with Crippen molar-refractivity contribution in [2.75, 3.05) is 13.2 Å². The van der Waals surface area contributed by atoms with E-state index >= 15 is 0 Å². The second-order valence-electron chi connectivity index (χ2n) is 22.1. The average molecular weight is 1000 g/mol. The Morgan fingerprint density at radius 2 is 0.662 bits per heavy atom. The molecule has 2 unspecified atom stereocenters. The van der Waals surface area contributed by atoms with Gasteiger partial charge in [0.2, 0.25) is 5.91 Å². The first-order valence-electron chi connectivity index (χ1n) is 32.1. The van der Waals surface area contributed by atoms with E-state index in [2.05, 4.69) is 31.3 Å². The number of esters is 1. The highest BCUT2D eigenvalue weighted by molar-refractivity contribution is 5.76. The third-order valence-corrected chi connectivity index (χ3v) is 15.0. The van der Waals surface area contributed by atoms with Crippen LogP contribution in [0.5, 0.6) is 0 Å². The summed E-state index contributed by atoms with van der Waals surface area (Å²) in [6, 6.07) is -0.624. The van der Waals surface area contributed by atoms with Crippen LogP contribution in [0.3, 0.4) is 0 Å². The van der Waals surface area contributed by atoms with Crippen molar-refractivity contribution in [1.29, 1.82) is 0 Å². The summed E-state index contributed by atoms with van der Waals surface area (Å²) in [5.41, 5.74) is 0. The molecule has 0 spiro atoms. The second-order valence-corrected chi connectivity index (χ2v) is 22.1. The minimum atomic E-state index is -0.841. The third-order valence-electron chi connectivity index (χ3n) is 15.0. The number of nitrogens with one attached hydrogen (secondary N) is 1. The van der Waals surface area contributed by atoms with E-state index in [1.54, 1.807) is 6.08 Å². The van der Waals surface area contributed by atoms with E-state index in [1.807, 2.05) is 6.08 Å². The molecule has 420 valence electrons. The van der Waals surface area contributed by atoms with Gasteiger partial charge in [-0.25, -0.2) is 0 Å². The Hall–Kier alpha value is -1.66. The lowest BCUT2D eigenvalue weighted by atomic mass is 10.0. The van der Waals surface area contributed by atoms with E-state index in [0.717, 1.165) is 44.9 Å². The molecule has 2 atom stereocenters. The van der Waals surface area contributed by atoms with Crippen molar-refractivity contribution < 1.29 is 24.5 Å². The molecule has 0 saturated carbocycles. The largest absolute Gasteiger partial charge is 0.466 e. The van der Waals surface area contributed by atoms with E-state index in [-0.39, 0.29) is 18.5 Å². The number of rotatable bonds is 60. The number of carbonyl (C=O) groups is 2. The van der Waals surface area contributed by atoms with Crippen LogP contribution in [0.4, 0.5) is 0 Å². The highest BCUT2D eigenvalue weighted by Crippen LogP contribution is 2.18. The van der Waals surface area contributed by atoms with E-state index in [1.165, 1.54) is 283 Å². The zero-order valence-corrected chi connectivity index (χ0v) is 48.0. The van der Waals surface area contributed by atoms with Gasteiger partial charge in [0.05, 0.1) is 25.4 Å². The predicted molar refractivity (Wildman–Crippen MR) is 310 cm³/mol. The Labute approximate surface area is 443 Å². The molecule has 0 heterocycles. The summed E-state index contributed by atoms with van der Waals surface area (Å²) < 4.78 is 5.47. The van der Waals surface area contributed by atoms with Crippen LogP contribution in [0.2, 0.25) is 0 Å². The second kappa shape index (κ2) is 60.9. The molecule has 0 aromatic carbocycles. The van der Waals surface area contributed by atoms with Crippen LogP contribution in [0.15, 0.2) is 24.3 Å². The molecular weight excluding hydrogens is 875 g/mol. The van der Waals surface area contributed by atoms with Gasteiger partial charge in [-0.2, -0.15) is 0 Å². The lowest BCUT2D eigenvalue weighted by molar-refractivity contribution is -0.143. The van der Waals surface area contributed by atoms with Gasteiger partial charge in [-0.3, -0.25) is 9.59 Å². The van der Waals surface area contributed by atoms with Gasteiger partial charge in [-0.1, -0.05) is 308 Å². The van der Waals surface area contributed by atoms with Crippen LogP contribution in [-0.4, -0.2) is 47.4 Å². The standard InChI is InChI=1S/C65H125NO5/c1-3-5-7-9-11-13-15-17-34-37-41-45-49-53-57-63(68)62(61-67)66-64(69)58-54-50-46-42-38-35-32-30-28-26-24-22-20-18-19-21-23-25-27-29-31-33-36-40-44-48-52-56-60-71-65(70)59-55-51-47-43-39-16-14-12-10-8-6-4-2/h12,14,53,57,62-63,67-68H,3-11,13,15-52,54-56,58-61H2,1-2H3,(H,66,69)/b14-12-,57-53+. The molecule has 0 aliphatic carbocycles. The van der Waals surface area contributed by atoms with E-state index < -0.39 is 12.1 Å². The molecule has 0 aromatic rings. The molecule has 6 heteroatoms. The van der Waals surface area contributed by atoms with E-state index in [0.29, 0.717) is 19.4 Å². The Balaban J connectivity index is 3.35. The average Bonchev–Trinajstić information content (AvgIpc) is 3.37. The summed E-state index contributed by atoms with van der Waals surface area (Å²) in [7, 11) is 0. The highest BCUT2D eigenvalue weighted by atomic mass is 16.5. The predicted octanol–water partition coefficient (Wildman–Crippen LogP) is 20.2. The van der Waals surface area contributed by atoms with Crippen LogP contribution < -0.4 is 5.32 Å². The van der Waals surface area contributed by atoms with Crippen molar-refractivity contribution in [2.24, 2.45) is 0 Å². The number of unbranched alkanes of at least 4 members (excludes halogenated alkanes) is 47. The number of aliphatic hydroxyl groups is 2. The molecule has 0 aliphatic heterocycles. The van der Waals surface area contributed by atoms with Gasteiger partial charge in [0.25, 0.3) is 0 Å². The van der Waals surface area contributed by atoms with Gasteiger partial charge in [-0.15, -0.1) is 0 Å². The zero-order valence-electron chi connectivity index (χ0n) is 48.0. The van der Waals surface area contributed by atoms with Crippen molar-refractivity contribution in [2.45, 2.75) is 366 Å². The minimum Gasteiger partial charge on any atom is -0.466 e. The van der Waals surface area contributed by atoms with Gasteiger partial charge in [0, 0.05) is 12.8 Å². The number of hydrogen-bond donors (Lipinski definition) is 3. The Morgan fingerprint density at radius 1 is 0.380 bits per heavy atom. The van der Waals surface area contributed by atoms with Gasteiger partial charge < -0.3 is 20.3 Å². The molecule has 0 bridgehead atoms. The maximum Gasteiger partial charge on any atom is 0.305 e. The molecule has 3 N–H and O–H groups in total. The zero-order chi connectivity index (χ0) is 51.4. The number of aliphatic hydroxyl groups excluding tert-OH is 2. The smallest absolute Gasteiger partial charge is 0.305 e. The summed E-state index contributed by atoms with van der Waals surface area (Å²) in [5.74, 6) is -0.0548. The Kier molecular flexibility index (Phi) is 59.5. The number of carbonyl (C=O) groups excluding carboxylic acids is 2. The van der Waals surface area contributed by atoms with Crippen molar-refractivity contribution in [3.63, 3.8) is 0 Å². The summed E-state index contributed by atoms with van der Waals surface area (Å²) in [6.45, 7) is 4.90. The molecule has 6 nitrogen and oxygen atoms in total. The van der Waals surface area contributed by atoms with Crippen LogP contribution in [0, 0.1) is 0 Å². The fraction of sp³-hybridized carbons (Fsp3) is 0.908. The van der Waals surface area contributed by atoms with Crippen molar-refractivity contribution in [3.05, 3.63) is 24.3 Å². The Bertz CT molecular complexity index is 1110. The van der Waals surface area contributed by atoms with Crippen molar-refractivity contribution >= 4 is 11.9 Å². The maximum atomic E-state index is 12.5. The fourth-order valence-electron chi connectivity index (χ4n) is 10.0. The fourth-order valence-corrected chi connectivity index (χ4v) is 10.0. The normalized spacial score (nSPS) is 12.7. The topological polar surface area (TPSA) is 95.9 Å². The minimum absolute atomic E-state index is 0.00853. The molecular formula is C65H125NO5. The first-order chi connectivity index (χ1) is 35.0. The number of hydrogen-bond acceptors (Lipinski definition) is 5. The lowest BCUT2D eigenvalue weighted by Crippen LogP contribution is -2.45. The van der Waals surface area contributed by atoms with Gasteiger partial charge in [-0.05, 0) is 57.8 Å². The molecule has 1 amide bonds. The molecule has 0 aliphatic rings. The number of allylic oxidation sites excluding steroid dienone is 3. The summed E-state index contributed by atoms with van der Waals surface area (Å²) in [5, 5.41) is 23.1. The quantitative estimate of drug-likeness (QED) is 0.0320. The summed E-state index contributed by atoms with van der Waals surface area (Å²) >= 11 is 0. The molecule has 0 radical (unpaired) electrons. The summed E-state index contributed by atoms with van der Waals surface area (Å²) in [6.07, 6.45) is 75.2. The maximum absolute atomic E-state index is 12.5. The highest BCUT2D eigenvalue weighted by Gasteiger charge is 2.18. The van der Waals surface area contributed by atoms with Gasteiger partial charge >= 0.3 is 5.97 Å². The van der Waals surface area contributed by atoms with Gasteiger partial charge in [0.15, 0.2) is 0 Å².